The Labute approximate surface area is 186 Å². The molecule has 0 spiro atoms. The van der Waals surface area contributed by atoms with E-state index in [1.54, 1.807) is 0 Å². The molecular weight excluding hydrogens is 392 g/mol. The number of aliphatic hydroxyl groups is 2. The van der Waals surface area contributed by atoms with Crippen LogP contribution in [0, 0.1) is 0 Å². The largest absolute Gasteiger partial charge is 0.385 e. The predicted molar refractivity (Wildman–Crippen MR) is 133 cm³/mol. The quantitative estimate of drug-likeness (QED) is 0.304. The monoisotopic (exact) mass is 414 g/mol. The van der Waals surface area contributed by atoms with Crippen molar-refractivity contribution in [2.24, 2.45) is 0 Å². The van der Waals surface area contributed by atoms with E-state index in [-0.39, 0.29) is 0 Å². The van der Waals surface area contributed by atoms with Gasteiger partial charge in [-0.05, 0) is 66.3 Å². The van der Waals surface area contributed by atoms with Crippen molar-refractivity contribution in [3.8, 4) is 0 Å². The minimum Gasteiger partial charge on any atom is -0.385 e. The standard InChI is InChI=1S/C30H22O2/c31-29(27-23-13-5-1-9-19(23)17-20-10-2-6-14-24(20)27)30(32)28-25-15-7-3-11-21(25)18-22-12-4-8-16-26(22)28/h1-18,29-32H. The lowest BCUT2D eigenvalue weighted by atomic mass is 9.86. The zero-order valence-electron chi connectivity index (χ0n) is 17.4. The summed E-state index contributed by atoms with van der Waals surface area (Å²) in [5.74, 6) is 0. The smallest absolute Gasteiger partial charge is 0.110 e. The van der Waals surface area contributed by atoms with Gasteiger partial charge in [0.2, 0.25) is 0 Å². The second-order valence-electron chi connectivity index (χ2n) is 8.35. The highest BCUT2D eigenvalue weighted by Gasteiger charge is 2.27. The van der Waals surface area contributed by atoms with Gasteiger partial charge in [0.15, 0.2) is 0 Å². The fourth-order valence-electron chi connectivity index (χ4n) is 5.05. The highest BCUT2D eigenvalue weighted by atomic mass is 16.3. The highest BCUT2D eigenvalue weighted by Crippen LogP contribution is 2.42. The zero-order valence-corrected chi connectivity index (χ0v) is 17.4. The summed E-state index contributed by atoms with van der Waals surface area (Å²) >= 11 is 0. The molecule has 0 saturated carbocycles. The van der Waals surface area contributed by atoms with Crippen molar-refractivity contribution in [1.82, 2.24) is 0 Å². The summed E-state index contributed by atoms with van der Waals surface area (Å²) in [6.07, 6.45) is -2.17. The Kier molecular flexibility index (Phi) is 4.43. The average molecular weight is 415 g/mol. The van der Waals surface area contributed by atoms with Gasteiger partial charge in [-0.2, -0.15) is 0 Å². The van der Waals surface area contributed by atoms with Crippen molar-refractivity contribution in [3.63, 3.8) is 0 Å². The first-order chi connectivity index (χ1) is 15.7. The SMILES string of the molecule is OC(c1c2ccccc2cc2ccccc12)C(O)c1c2ccccc2cc2ccccc12. The van der Waals surface area contributed by atoms with Crippen molar-refractivity contribution in [2.75, 3.05) is 0 Å². The lowest BCUT2D eigenvalue weighted by Crippen LogP contribution is -2.12. The van der Waals surface area contributed by atoms with E-state index < -0.39 is 12.2 Å². The summed E-state index contributed by atoms with van der Waals surface area (Å²) in [6, 6.07) is 36.5. The lowest BCUT2D eigenvalue weighted by Gasteiger charge is -2.24. The van der Waals surface area contributed by atoms with Crippen LogP contribution in [-0.4, -0.2) is 10.2 Å². The second kappa shape index (κ2) is 7.45. The molecule has 0 amide bonds. The van der Waals surface area contributed by atoms with Crippen LogP contribution in [0.5, 0.6) is 0 Å². The third-order valence-corrected chi connectivity index (χ3v) is 6.52. The van der Waals surface area contributed by atoms with Gasteiger partial charge < -0.3 is 10.2 Å². The summed E-state index contributed by atoms with van der Waals surface area (Å²) < 4.78 is 0. The van der Waals surface area contributed by atoms with Gasteiger partial charge in [-0.3, -0.25) is 0 Å². The third-order valence-electron chi connectivity index (χ3n) is 6.52. The first-order valence-electron chi connectivity index (χ1n) is 10.9. The number of hydrogen-bond acceptors (Lipinski definition) is 2. The molecule has 2 N–H and O–H groups in total. The molecule has 2 nitrogen and oxygen atoms in total. The van der Waals surface area contributed by atoms with Gasteiger partial charge in [0, 0.05) is 0 Å². The van der Waals surface area contributed by atoms with Crippen molar-refractivity contribution in [3.05, 3.63) is 120 Å². The van der Waals surface area contributed by atoms with E-state index in [4.69, 9.17) is 0 Å². The van der Waals surface area contributed by atoms with Crippen LogP contribution in [0.15, 0.2) is 109 Å². The molecule has 0 bridgehead atoms. The molecule has 2 heteroatoms. The van der Waals surface area contributed by atoms with Crippen LogP contribution >= 0.6 is 0 Å². The van der Waals surface area contributed by atoms with Gasteiger partial charge >= 0.3 is 0 Å². The summed E-state index contributed by atoms with van der Waals surface area (Å²) in [4.78, 5) is 0. The van der Waals surface area contributed by atoms with E-state index in [0.717, 1.165) is 54.2 Å². The first kappa shape index (κ1) is 19.0. The van der Waals surface area contributed by atoms with Crippen LogP contribution < -0.4 is 0 Å². The number of aliphatic hydroxyl groups excluding tert-OH is 2. The maximum Gasteiger partial charge on any atom is 0.110 e. The summed E-state index contributed by atoms with van der Waals surface area (Å²) in [6.45, 7) is 0. The van der Waals surface area contributed by atoms with Crippen LogP contribution in [-0.2, 0) is 0 Å². The molecule has 6 aromatic carbocycles. The molecule has 0 fully saturated rings. The highest BCUT2D eigenvalue weighted by molar-refractivity contribution is 6.04. The Morgan fingerprint density at radius 2 is 0.625 bits per heavy atom. The summed E-state index contributed by atoms with van der Waals surface area (Å²) in [5.41, 5.74) is 1.53. The average Bonchev–Trinajstić information content (AvgIpc) is 2.85. The molecule has 0 aromatic heterocycles. The molecule has 0 radical (unpaired) electrons. The first-order valence-corrected chi connectivity index (χ1v) is 10.9. The second-order valence-corrected chi connectivity index (χ2v) is 8.35. The molecule has 154 valence electrons. The Morgan fingerprint density at radius 1 is 0.375 bits per heavy atom. The number of hydrogen-bond donors (Lipinski definition) is 2. The number of fused-ring (bicyclic) bond motifs is 4. The van der Waals surface area contributed by atoms with Gasteiger partial charge in [0.05, 0.1) is 0 Å². The van der Waals surface area contributed by atoms with Crippen LogP contribution in [0.2, 0.25) is 0 Å². The van der Waals surface area contributed by atoms with Crippen molar-refractivity contribution >= 4 is 43.1 Å². The number of benzene rings is 6. The van der Waals surface area contributed by atoms with Crippen molar-refractivity contribution < 1.29 is 10.2 Å². The Bertz CT molecular complexity index is 1390. The van der Waals surface area contributed by atoms with E-state index in [2.05, 4.69) is 36.4 Å². The molecule has 0 aliphatic carbocycles. The molecule has 2 atom stereocenters. The summed E-state index contributed by atoms with van der Waals surface area (Å²) in [5, 5.41) is 31.5. The van der Waals surface area contributed by atoms with E-state index in [1.807, 2.05) is 72.8 Å². The molecule has 6 aromatic rings. The maximum atomic E-state index is 11.7. The minimum absolute atomic E-state index is 0.767. The van der Waals surface area contributed by atoms with Crippen molar-refractivity contribution in [1.29, 1.82) is 0 Å². The van der Waals surface area contributed by atoms with Crippen LogP contribution in [0.4, 0.5) is 0 Å². The normalized spacial score (nSPS) is 13.7. The van der Waals surface area contributed by atoms with E-state index >= 15 is 0 Å². The molecule has 6 rings (SSSR count). The molecular formula is C30H22O2. The molecule has 0 saturated heterocycles. The summed E-state index contributed by atoms with van der Waals surface area (Å²) in [7, 11) is 0. The Balaban J connectivity index is 1.65. The van der Waals surface area contributed by atoms with Gasteiger partial charge in [-0.1, -0.05) is 97.1 Å². The number of rotatable bonds is 3. The molecule has 2 unspecified atom stereocenters. The lowest BCUT2D eigenvalue weighted by molar-refractivity contribution is 0.0207. The van der Waals surface area contributed by atoms with Gasteiger partial charge in [0.1, 0.15) is 12.2 Å². The van der Waals surface area contributed by atoms with Crippen molar-refractivity contribution in [2.45, 2.75) is 12.2 Å². The van der Waals surface area contributed by atoms with Gasteiger partial charge in [-0.15, -0.1) is 0 Å². The van der Waals surface area contributed by atoms with E-state index in [1.165, 1.54) is 0 Å². The maximum absolute atomic E-state index is 11.7. The van der Waals surface area contributed by atoms with Crippen LogP contribution in [0.25, 0.3) is 43.1 Å². The Hall–Kier alpha value is -3.72. The predicted octanol–water partition coefficient (Wildman–Crippen LogP) is 7.07. The van der Waals surface area contributed by atoms with Crippen LogP contribution in [0.3, 0.4) is 0 Å². The molecule has 0 heterocycles. The van der Waals surface area contributed by atoms with E-state index in [0.29, 0.717) is 0 Å². The van der Waals surface area contributed by atoms with Gasteiger partial charge in [0.25, 0.3) is 0 Å². The van der Waals surface area contributed by atoms with E-state index in [9.17, 15) is 10.2 Å². The topological polar surface area (TPSA) is 40.5 Å². The molecule has 0 aliphatic heterocycles. The fraction of sp³-hybridized carbons (Fsp3) is 0.0667. The molecule has 32 heavy (non-hydrogen) atoms. The fourth-order valence-corrected chi connectivity index (χ4v) is 5.05. The van der Waals surface area contributed by atoms with Crippen LogP contribution in [0.1, 0.15) is 23.3 Å². The molecule has 0 aliphatic rings. The third kappa shape index (κ3) is 2.89. The Morgan fingerprint density at radius 3 is 0.906 bits per heavy atom. The zero-order chi connectivity index (χ0) is 21.7. The minimum atomic E-state index is -1.08. The van der Waals surface area contributed by atoms with Gasteiger partial charge in [-0.25, -0.2) is 0 Å².